The van der Waals surface area contributed by atoms with E-state index in [0.29, 0.717) is 17.8 Å². The van der Waals surface area contributed by atoms with Gasteiger partial charge in [-0.3, -0.25) is 0 Å². The molecule has 23 heavy (non-hydrogen) atoms. The van der Waals surface area contributed by atoms with Crippen LogP contribution in [0.4, 0.5) is 0 Å². The zero-order valence-corrected chi connectivity index (χ0v) is 14.2. The monoisotopic (exact) mass is 314 g/mol. The minimum absolute atomic E-state index is 0.240. The molecule has 3 aromatic rings. The van der Waals surface area contributed by atoms with Crippen molar-refractivity contribution >= 4 is 11.0 Å². The van der Waals surface area contributed by atoms with Gasteiger partial charge < -0.3 is 9.84 Å². The van der Waals surface area contributed by atoms with Crippen LogP contribution >= 0.6 is 0 Å². The molecule has 3 heterocycles. The lowest BCUT2D eigenvalue weighted by Crippen LogP contribution is -2.24. The van der Waals surface area contributed by atoms with Gasteiger partial charge in [0.15, 0.2) is 11.5 Å². The molecule has 1 atom stereocenters. The first-order chi connectivity index (χ1) is 11.0. The minimum atomic E-state index is 0.240. The van der Waals surface area contributed by atoms with E-state index < -0.39 is 0 Å². The molecule has 0 saturated carbocycles. The zero-order chi connectivity index (χ0) is 16.6. The smallest absolute Gasteiger partial charge is 0.258 e. The van der Waals surface area contributed by atoms with Crippen LogP contribution in [0.25, 0.3) is 22.5 Å². The Labute approximate surface area is 135 Å². The van der Waals surface area contributed by atoms with Crippen molar-refractivity contribution < 1.29 is 4.52 Å². The standard InChI is InChI=1S/C16H22N6O/c1-9(2)22-15-13(8-18-22)12(6-11(4)19-15)16-20-14(21-23-16)7-10(3)17-5/h6,8-10,17H,7H2,1-5H3. The molecule has 0 amide bonds. The molecule has 3 rings (SSSR count). The first-order valence-electron chi connectivity index (χ1n) is 7.84. The fourth-order valence-corrected chi connectivity index (χ4v) is 2.52. The van der Waals surface area contributed by atoms with Crippen molar-refractivity contribution in [3.63, 3.8) is 0 Å². The number of aromatic nitrogens is 5. The Hall–Kier alpha value is -2.28. The molecule has 0 aliphatic carbocycles. The fourth-order valence-electron chi connectivity index (χ4n) is 2.52. The van der Waals surface area contributed by atoms with E-state index in [0.717, 1.165) is 28.7 Å². The topological polar surface area (TPSA) is 81.7 Å². The Balaban J connectivity index is 2.06. The summed E-state index contributed by atoms with van der Waals surface area (Å²) in [4.78, 5) is 9.14. The highest BCUT2D eigenvalue weighted by Gasteiger charge is 2.18. The zero-order valence-electron chi connectivity index (χ0n) is 14.2. The third-order valence-electron chi connectivity index (χ3n) is 3.86. The lowest BCUT2D eigenvalue weighted by atomic mass is 10.1. The van der Waals surface area contributed by atoms with Crippen molar-refractivity contribution in [2.24, 2.45) is 0 Å². The highest BCUT2D eigenvalue weighted by molar-refractivity contribution is 5.90. The van der Waals surface area contributed by atoms with Crippen molar-refractivity contribution in [3.8, 4) is 11.5 Å². The Morgan fingerprint density at radius 1 is 1.26 bits per heavy atom. The van der Waals surface area contributed by atoms with E-state index >= 15 is 0 Å². The van der Waals surface area contributed by atoms with Crippen molar-refractivity contribution in [1.29, 1.82) is 0 Å². The van der Waals surface area contributed by atoms with Crippen LogP contribution in [0.3, 0.4) is 0 Å². The van der Waals surface area contributed by atoms with Crippen LogP contribution in [-0.2, 0) is 6.42 Å². The summed E-state index contributed by atoms with van der Waals surface area (Å²) >= 11 is 0. The number of nitrogens with one attached hydrogen (secondary N) is 1. The second-order valence-electron chi connectivity index (χ2n) is 6.14. The first kappa shape index (κ1) is 15.6. The number of nitrogens with zero attached hydrogens (tertiary/aromatic N) is 5. The number of fused-ring (bicyclic) bond motifs is 1. The number of pyridine rings is 1. The molecule has 7 nitrogen and oxygen atoms in total. The van der Waals surface area contributed by atoms with E-state index in [9.17, 15) is 0 Å². The predicted molar refractivity (Wildman–Crippen MR) is 88.2 cm³/mol. The Kier molecular flexibility index (Phi) is 4.12. The summed E-state index contributed by atoms with van der Waals surface area (Å²) in [5, 5.41) is 12.6. The van der Waals surface area contributed by atoms with Gasteiger partial charge in [-0.2, -0.15) is 10.1 Å². The molecule has 0 spiro atoms. The summed E-state index contributed by atoms with van der Waals surface area (Å²) in [5.74, 6) is 1.21. The summed E-state index contributed by atoms with van der Waals surface area (Å²) < 4.78 is 7.38. The molecular formula is C16H22N6O. The van der Waals surface area contributed by atoms with E-state index in [4.69, 9.17) is 4.52 Å². The third-order valence-corrected chi connectivity index (χ3v) is 3.86. The molecule has 0 bridgehead atoms. The average molecular weight is 314 g/mol. The molecule has 1 N–H and O–H groups in total. The molecule has 0 radical (unpaired) electrons. The van der Waals surface area contributed by atoms with Gasteiger partial charge in [-0.25, -0.2) is 9.67 Å². The largest absolute Gasteiger partial charge is 0.334 e. The van der Waals surface area contributed by atoms with Gasteiger partial charge in [0.25, 0.3) is 5.89 Å². The maximum atomic E-state index is 5.48. The van der Waals surface area contributed by atoms with Gasteiger partial charge in [-0.05, 0) is 40.8 Å². The molecule has 0 aromatic carbocycles. The average Bonchev–Trinajstić information content (AvgIpc) is 3.12. The predicted octanol–water partition coefficient (Wildman–Crippen LogP) is 2.52. The molecular weight excluding hydrogens is 292 g/mol. The molecule has 0 fully saturated rings. The minimum Gasteiger partial charge on any atom is -0.334 e. The van der Waals surface area contributed by atoms with Gasteiger partial charge in [0, 0.05) is 24.2 Å². The lowest BCUT2D eigenvalue weighted by molar-refractivity contribution is 0.418. The molecule has 1 unspecified atom stereocenters. The second-order valence-corrected chi connectivity index (χ2v) is 6.14. The number of likely N-dealkylation sites (N-methyl/N-ethyl adjacent to an activating group) is 1. The quantitative estimate of drug-likeness (QED) is 0.779. The molecule has 0 aliphatic rings. The summed E-state index contributed by atoms with van der Waals surface area (Å²) in [7, 11) is 1.92. The van der Waals surface area contributed by atoms with Crippen molar-refractivity contribution in [2.45, 2.75) is 46.2 Å². The maximum absolute atomic E-state index is 5.48. The van der Waals surface area contributed by atoms with Crippen LogP contribution in [0, 0.1) is 6.92 Å². The van der Waals surface area contributed by atoms with Crippen LogP contribution in [0.2, 0.25) is 0 Å². The van der Waals surface area contributed by atoms with Crippen molar-refractivity contribution in [1.82, 2.24) is 30.2 Å². The first-order valence-corrected chi connectivity index (χ1v) is 7.84. The SMILES string of the molecule is CNC(C)Cc1noc(-c2cc(C)nc3c2cnn3C(C)C)n1. The van der Waals surface area contributed by atoms with E-state index in [1.54, 1.807) is 0 Å². The third kappa shape index (κ3) is 2.96. The molecule has 0 saturated heterocycles. The molecule has 3 aromatic heterocycles. The van der Waals surface area contributed by atoms with Gasteiger partial charge in [-0.15, -0.1) is 0 Å². The summed E-state index contributed by atoms with van der Waals surface area (Å²) in [6.07, 6.45) is 2.54. The van der Waals surface area contributed by atoms with Gasteiger partial charge in [0.05, 0.1) is 17.1 Å². The summed E-state index contributed by atoms with van der Waals surface area (Å²) in [6, 6.07) is 2.50. The lowest BCUT2D eigenvalue weighted by Gasteiger charge is -2.07. The van der Waals surface area contributed by atoms with E-state index in [1.165, 1.54) is 0 Å². The maximum Gasteiger partial charge on any atom is 0.258 e. The van der Waals surface area contributed by atoms with Crippen LogP contribution < -0.4 is 5.32 Å². The second kappa shape index (κ2) is 6.08. The van der Waals surface area contributed by atoms with Crippen LogP contribution in [0.5, 0.6) is 0 Å². The Bertz CT molecular complexity index is 819. The summed E-state index contributed by atoms with van der Waals surface area (Å²) in [6.45, 7) is 8.21. The Morgan fingerprint density at radius 3 is 2.74 bits per heavy atom. The number of aryl methyl sites for hydroxylation is 1. The number of hydrogen-bond acceptors (Lipinski definition) is 6. The fraction of sp³-hybridized carbons (Fsp3) is 0.500. The summed E-state index contributed by atoms with van der Waals surface area (Å²) in [5.41, 5.74) is 2.63. The van der Waals surface area contributed by atoms with Gasteiger partial charge >= 0.3 is 0 Å². The van der Waals surface area contributed by atoms with Crippen LogP contribution in [-0.4, -0.2) is 38.0 Å². The normalized spacial score (nSPS) is 13.1. The molecule has 7 heteroatoms. The number of hydrogen-bond donors (Lipinski definition) is 1. The van der Waals surface area contributed by atoms with Crippen molar-refractivity contribution in [3.05, 3.63) is 23.8 Å². The van der Waals surface area contributed by atoms with Gasteiger partial charge in [-0.1, -0.05) is 5.16 Å². The van der Waals surface area contributed by atoms with E-state index in [-0.39, 0.29) is 6.04 Å². The molecule has 122 valence electrons. The van der Waals surface area contributed by atoms with Crippen LogP contribution in [0.1, 0.15) is 38.3 Å². The van der Waals surface area contributed by atoms with Gasteiger partial charge in [0.2, 0.25) is 0 Å². The highest BCUT2D eigenvalue weighted by atomic mass is 16.5. The molecule has 0 aliphatic heterocycles. The van der Waals surface area contributed by atoms with Crippen molar-refractivity contribution in [2.75, 3.05) is 7.05 Å². The van der Waals surface area contributed by atoms with E-state index in [1.807, 2.05) is 30.9 Å². The number of rotatable bonds is 5. The van der Waals surface area contributed by atoms with Crippen LogP contribution in [0.15, 0.2) is 16.8 Å². The van der Waals surface area contributed by atoms with Gasteiger partial charge in [0.1, 0.15) is 0 Å². The highest BCUT2D eigenvalue weighted by Crippen LogP contribution is 2.28. The van der Waals surface area contributed by atoms with E-state index in [2.05, 4.69) is 46.3 Å². The Morgan fingerprint density at radius 2 is 2.04 bits per heavy atom.